The fourth-order valence-electron chi connectivity index (χ4n) is 3.93. The van der Waals surface area contributed by atoms with Gasteiger partial charge < -0.3 is 14.6 Å². The smallest absolute Gasteiger partial charge is 0.263 e. The third-order valence-electron chi connectivity index (χ3n) is 5.90. The molecule has 0 aliphatic heterocycles. The van der Waals surface area contributed by atoms with Crippen LogP contribution < -0.4 is 10.1 Å². The van der Waals surface area contributed by atoms with Crippen molar-refractivity contribution in [2.24, 2.45) is 13.0 Å². The molecule has 1 aliphatic rings. The molecule has 0 radical (unpaired) electrons. The van der Waals surface area contributed by atoms with Crippen molar-refractivity contribution in [2.45, 2.75) is 78.4 Å². The van der Waals surface area contributed by atoms with Gasteiger partial charge in [-0.2, -0.15) is 10.1 Å². The van der Waals surface area contributed by atoms with Crippen molar-refractivity contribution < 1.29 is 9.26 Å². The van der Waals surface area contributed by atoms with Crippen LogP contribution in [0.5, 0.6) is 5.75 Å². The largest absolute Gasteiger partial charge is 0.487 e. The number of aryl methyl sites for hydroxylation is 3. The number of rotatable bonds is 9. The highest BCUT2D eigenvalue weighted by Crippen LogP contribution is 2.27. The van der Waals surface area contributed by atoms with E-state index in [1.165, 1.54) is 19.3 Å². The van der Waals surface area contributed by atoms with Gasteiger partial charge in [0.2, 0.25) is 5.89 Å². The van der Waals surface area contributed by atoms with Crippen LogP contribution in [0.1, 0.15) is 69.7 Å². The van der Waals surface area contributed by atoms with Crippen LogP contribution in [0.4, 0.5) is 5.95 Å². The molecule has 0 spiro atoms. The average molecular weight is 440 g/mol. The lowest BCUT2D eigenvalue weighted by Crippen LogP contribution is -2.20. The fourth-order valence-corrected chi connectivity index (χ4v) is 3.93. The number of ether oxygens (including phenoxy) is 1. The molecule has 172 valence electrons. The van der Waals surface area contributed by atoms with E-state index >= 15 is 0 Å². The molecule has 3 aromatic heterocycles. The first-order valence-corrected chi connectivity index (χ1v) is 11.6. The van der Waals surface area contributed by atoms with Crippen molar-refractivity contribution in [3.05, 3.63) is 29.7 Å². The highest BCUT2D eigenvalue weighted by Gasteiger charge is 2.19. The first-order valence-electron chi connectivity index (χ1n) is 11.6. The summed E-state index contributed by atoms with van der Waals surface area (Å²) in [7, 11) is 1.90. The molecule has 0 unspecified atom stereocenters. The molecule has 9 heteroatoms. The fraction of sp³-hybridized carbons (Fsp3) is 0.609. The van der Waals surface area contributed by atoms with Gasteiger partial charge in [-0.1, -0.05) is 20.3 Å². The number of hydrogen-bond donors (Lipinski definition) is 1. The Labute approximate surface area is 189 Å². The molecule has 4 rings (SSSR count). The van der Waals surface area contributed by atoms with Crippen LogP contribution in [0.3, 0.4) is 0 Å². The molecule has 1 fully saturated rings. The molecule has 1 N–H and O–H groups in total. The first-order chi connectivity index (χ1) is 15.5. The molecule has 0 atom stereocenters. The summed E-state index contributed by atoms with van der Waals surface area (Å²) < 4.78 is 13.3. The van der Waals surface area contributed by atoms with Crippen LogP contribution in [-0.4, -0.2) is 36.0 Å². The summed E-state index contributed by atoms with van der Waals surface area (Å²) in [5.74, 6) is 3.13. The van der Waals surface area contributed by atoms with Crippen molar-refractivity contribution in [3.8, 4) is 17.1 Å². The second-order valence-corrected chi connectivity index (χ2v) is 8.95. The van der Waals surface area contributed by atoms with E-state index in [-0.39, 0.29) is 6.10 Å². The minimum atomic E-state index is 0.274. The third kappa shape index (κ3) is 5.44. The predicted molar refractivity (Wildman–Crippen MR) is 121 cm³/mol. The lowest BCUT2D eigenvalue weighted by molar-refractivity contribution is 0.152. The van der Waals surface area contributed by atoms with Crippen molar-refractivity contribution >= 4 is 5.95 Å². The van der Waals surface area contributed by atoms with Gasteiger partial charge in [-0.25, -0.2) is 9.97 Å². The van der Waals surface area contributed by atoms with Crippen LogP contribution in [-0.2, 0) is 20.0 Å². The van der Waals surface area contributed by atoms with Crippen LogP contribution in [0, 0.1) is 12.8 Å². The summed E-state index contributed by atoms with van der Waals surface area (Å²) in [4.78, 5) is 13.7. The van der Waals surface area contributed by atoms with Gasteiger partial charge in [-0.15, -0.1) is 0 Å². The topological polar surface area (TPSA) is 104 Å². The van der Waals surface area contributed by atoms with Crippen molar-refractivity contribution in [1.82, 2.24) is 29.9 Å². The van der Waals surface area contributed by atoms with E-state index in [0.717, 1.165) is 48.4 Å². The summed E-state index contributed by atoms with van der Waals surface area (Å²) in [5.41, 5.74) is 2.66. The molecule has 1 aliphatic carbocycles. The van der Waals surface area contributed by atoms with Gasteiger partial charge >= 0.3 is 0 Å². The van der Waals surface area contributed by atoms with E-state index in [1.54, 1.807) is 12.4 Å². The van der Waals surface area contributed by atoms with Crippen molar-refractivity contribution in [2.75, 3.05) is 5.32 Å². The number of nitrogens with one attached hydrogen (secondary N) is 1. The van der Waals surface area contributed by atoms with Crippen molar-refractivity contribution in [1.29, 1.82) is 0 Å². The van der Waals surface area contributed by atoms with E-state index in [1.807, 2.05) is 18.7 Å². The van der Waals surface area contributed by atoms with Gasteiger partial charge in [0.25, 0.3) is 5.95 Å². The summed E-state index contributed by atoms with van der Waals surface area (Å²) in [6.45, 7) is 6.81. The molecule has 0 aromatic carbocycles. The molecular formula is C23H33N7O2. The second-order valence-electron chi connectivity index (χ2n) is 8.95. The maximum Gasteiger partial charge on any atom is 0.263 e. The van der Waals surface area contributed by atoms with Gasteiger partial charge in [0.1, 0.15) is 0 Å². The number of hydrogen-bond acceptors (Lipinski definition) is 8. The SMILES string of the molecule is Cc1nc(-c2cnn(C)c2CNc2noc(CCC(C)C)n2)ncc1OC1CCCCC1. The molecule has 32 heavy (non-hydrogen) atoms. The zero-order valence-electron chi connectivity index (χ0n) is 19.5. The Balaban J connectivity index is 1.43. The van der Waals surface area contributed by atoms with E-state index in [2.05, 4.69) is 39.4 Å². The lowest BCUT2D eigenvalue weighted by Gasteiger charge is -2.23. The van der Waals surface area contributed by atoms with E-state index < -0.39 is 0 Å². The molecule has 0 saturated heterocycles. The number of aromatic nitrogens is 6. The van der Waals surface area contributed by atoms with Gasteiger partial charge in [-0.05, 0) is 50.1 Å². The molecule has 0 amide bonds. The van der Waals surface area contributed by atoms with Gasteiger partial charge in [-0.3, -0.25) is 4.68 Å². The van der Waals surface area contributed by atoms with Gasteiger partial charge in [0.15, 0.2) is 11.6 Å². The van der Waals surface area contributed by atoms with Crippen LogP contribution >= 0.6 is 0 Å². The van der Waals surface area contributed by atoms with Gasteiger partial charge in [0, 0.05) is 13.5 Å². The summed E-state index contributed by atoms with van der Waals surface area (Å²) >= 11 is 0. The molecule has 3 heterocycles. The lowest BCUT2D eigenvalue weighted by atomic mass is 9.98. The number of anilines is 1. The summed E-state index contributed by atoms with van der Waals surface area (Å²) in [6, 6.07) is 0. The summed E-state index contributed by atoms with van der Waals surface area (Å²) in [5, 5.41) is 11.7. The Morgan fingerprint density at radius 3 is 2.75 bits per heavy atom. The van der Waals surface area contributed by atoms with Crippen molar-refractivity contribution in [3.63, 3.8) is 0 Å². The Morgan fingerprint density at radius 1 is 1.19 bits per heavy atom. The number of nitrogens with zero attached hydrogens (tertiary/aromatic N) is 6. The van der Waals surface area contributed by atoms with E-state index in [9.17, 15) is 0 Å². The zero-order chi connectivity index (χ0) is 22.5. The Bertz CT molecular complexity index is 1020. The molecule has 1 saturated carbocycles. The minimum Gasteiger partial charge on any atom is -0.487 e. The predicted octanol–water partition coefficient (Wildman–Crippen LogP) is 4.48. The highest BCUT2D eigenvalue weighted by atomic mass is 16.5. The quantitative estimate of drug-likeness (QED) is 0.520. The molecule has 0 bridgehead atoms. The monoisotopic (exact) mass is 439 g/mol. The zero-order valence-corrected chi connectivity index (χ0v) is 19.5. The van der Waals surface area contributed by atoms with Gasteiger partial charge in [0.05, 0.1) is 42.0 Å². The van der Waals surface area contributed by atoms with Crippen LogP contribution in [0.2, 0.25) is 0 Å². The second kappa shape index (κ2) is 10.1. The Morgan fingerprint density at radius 2 is 2.00 bits per heavy atom. The standard InChI is InChI=1S/C23H33N7O2/c1-15(2)10-11-21-28-23(29-32-21)25-13-19-18(12-26-30(19)4)22-24-14-20(16(3)27-22)31-17-8-6-5-7-9-17/h12,14-15,17H,5-11,13H2,1-4H3,(H,25,29). The third-order valence-corrected chi connectivity index (χ3v) is 5.90. The normalized spacial score (nSPS) is 14.8. The maximum absolute atomic E-state index is 6.17. The average Bonchev–Trinajstić information content (AvgIpc) is 3.39. The van der Waals surface area contributed by atoms with E-state index in [0.29, 0.717) is 30.1 Å². The molecule has 9 nitrogen and oxygen atoms in total. The molecular weight excluding hydrogens is 406 g/mol. The van der Waals surface area contributed by atoms with Crippen LogP contribution in [0.25, 0.3) is 11.4 Å². The highest BCUT2D eigenvalue weighted by molar-refractivity contribution is 5.58. The Kier molecular flexibility index (Phi) is 7.02. The minimum absolute atomic E-state index is 0.274. The van der Waals surface area contributed by atoms with Crippen LogP contribution in [0.15, 0.2) is 16.9 Å². The van der Waals surface area contributed by atoms with E-state index in [4.69, 9.17) is 14.2 Å². The molecule has 3 aromatic rings. The first kappa shape index (κ1) is 22.2. The maximum atomic E-state index is 6.17. The summed E-state index contributed by atoms with van der Waals surface area (Å²) in [6.07, 6.45) is 11.6. The Hall–Kier alpha value is -2.97.